The standard InChI is InChI=1S/C19H29N3O3.ClH/c1-13(2)11-21-17(23)15-4-5-16(14(3)10-15)22-18(24)19(12-20)6-8-25-9-7-19;/h4-5,10,13H,6-9,11-12,20H2,1-3H3,(H,21,23)(H,22,24);1H. The largest absolute Gasteiger partial charge is 0.381 e. The molecule has 1 aromatic rings. The molecule has 2 rings (SSSR count). The Hall–Kier alpha value is -1.63. The van der Waals surface area contributed by atoms with E-state index in [1.807, 2.05) is 20.8 Å². The van der Waals surface area contributed by atoms with Crippen molar-refractivity contribution in [2.75, 3.05) is 31.6 Å². The third-order valence-electron chi connectivity index (χ3n) is 4.73. The molecular weight excluding hydrogens is 354 g/mol. The highest BCUT2D eigenvalue weighted by atomic mass is 35.5. The van der Waals surface area contributed by atoms with Gasteiger partial charge in [0.05, 0.1) is 5.41 Å². The van der Waals surface area contributed by atoms with Gasteiger partial charge in [-0.2, -0.15) is 0 Å². The number of benzene rings is 1. The zero-order valence-corrected chi connectivity index (χ0v) is 16.6. The van der Waals surface area contributed by atoms with Crippen molar-refractivity contribution in [1.82, 2.24) is 5.32 Å². The second-order valence-electron chi connectivity index (χ2n) is 7.18. The Morgan fingerprint density at radius 3 is 2.46 bits per heavy atom. The molecule has 0 aliphatic carbocycles. The van der Waals surface area contributed by atoms with Gasteiger partial charge < -0.3 is 21.1 Å². The van der Waals surface area contributed by atoms with E-state index in [-0.39, 0.29) is 24.2 Å². The number of ether oxygens (including phenoxy) is 1. The zero-order chi connectivity index (χ0) is 18.4. The molecule has 0 bridgehead atoms. The summed E-state index contributed by atoms with van der Waals surface area (Å²) >= 11 is 0. The van der Waals surface area contributed by atoms with E-state index in [0.29, 0.717) is 56.3 Å². The lowest BCUT2D eigenvalue weighted by molar-refractivity contribution is -0.130. The van der Waals surface area contributed by atoms with Crippen molar-refractivity contribution in [3.8, 4) is 0 Å². The van der Waals surface area contributed by atoms with Gasteiger partial charge in [0.15, 0.2) is 0 Å². The molecule has 0 atom stereocenters. The molecule has 0 radical (unpaired) electrons. The monoisotopic (exact) mass is 383 g/mol. The van der Waals surface area contributed by atoms with Gasteiger partial charge in [0.1, 0.15) is 0 Å². The first-order chi connectivity index (χ1) is 11.9. The molecule has 2 amide bonds. The van der Waals surface area contributed by atoms with Crippen LogP contribution in [0.15, 0.2) is 18.2 Å². The van der Waals surface area contributed by atoms with Crippen molar-refractivity contribution in [2.45, 2.75) is 33.6 Å². The van der Waals surface area contributed by atoms with Crippen molar-refractivity contribution >= 4 is 29.9 Å². The maximum Gasteiger partial charge on any atom is 0.251 e. The fraction of sp³-hybridized carbons (Fsp3) is 0.579. The van der Waals surface area contributed by atoms with Crippen molar-refractivity contribution < 1.29 is 14.3 Å². The maximum atomic E-state index is 12.7. The first-order valence-electron chi connectivity index (χ1n) is 8.86. The minimum Gasteiger partial charge on any atom is -0.381 e. The van der Waals surface area contributed by atoms with Crippen molar-refractivity contribution in [1.29, 1.82) is 0 Å². The molecule has 0 spiro atoms. The van der Waals surface area contributed by atoms with Gasteiger partial charge in [-0.05, 0) is 49.4 Å². The van der Waals surface area contributed by atoms with Crippen LogP contribution >= 0.6 is 12.4 Å². The Kier molecular flexibility index (Phi) is 8.53. The predicted octanol–water partition coefficient (Wildman–Crippen LogP) is 2.50. The van der Waals surface area contributed by atoms with Crippen LogP contribution in [-0.4, -0.2) is 38.1 Å². The minimum absolute atomic E-state index is 0. The number of halogens is 1. The summed E-state index contributed by atoms with van der Waals surface area (Å²) in [5, 5.41) is 5.88. The smallest absolute Gasteiger partial charge is 0.251 e. The van der Waals surface area contributed by atoms with Gasteiger partial charge in [0.25, 0.3) is 5.91 Å². The van der Waals surface area contributed by atoms with Crippen LogP contribution < -0.4 is 16.4 Å². The Labute approximate surface area is 161 Å². The van der Waals surface area contributed by atoms with Crippen molar-refractivity contribution in [3.05, 3.63) is 29.3 Å². The van der Waals surface area contributed by atoms with Gasteiger partial charge >= 0.3 is 0 Å². The number of carbonyl (C=O) groups is 2. The van der Waals surface area contributed by atoms with Crippen LogP contribution in [0.3, 0.4) is 0 Å². The Bertz CT molecular complexity index is 628. The number of carbonyl (C=O) groups excluding carboxylic acids is 2. The Morgan fingerprint density at radius 2 is 1.92 bits per heavy atom. The summed E-state index contributed by atoms with van der Waals surface area (Å²) in [6.45, 7) is 8.03. The molecule has 26 heavy (non-hydrogen) atoms. The van der Waals surface area contributed by atoms with E-state index in [0.717, 1.165) is 5.56 Å². The predicted molar refractivity (Wildman–Crippen MR) is 106 cm³/mol. The van der Waals surface area contributed by atoms with E-state index in [2.05, 4.69) is 10.6 Å². The maximum absolute atomic E-state index is 12.7. The van der Waals surface area contributed by atoms with E-state index in [9.17, 15) is 9.59 Å². The topological polar surface area (TPSA) is 93.5 Å². The molecule has 1 aromatic carbocycles. The molecule has 1 fully saturated rings. The van der Waals surface area contributed by atoms with Crippen LogP contribution in [0.2, 0.25) is 0 Å². The molecule has 1 aliphatic heterocycles. The van der Waals surface area contributed by atoms with Crippen LogP contribution in [0.1, 0.15) is 42.6 Å². The van der Waals surface area contributed by atoms with Gasteiger partial charge in [-0.25, -0.2) is 0 Å². The molecular formula is C19H30ClN3O3. The second kappa shape index (κ2) is 9.90. The quantitative estimate of drug-likeness (QED) is 0.703. The highest BCUT2D eigenvalue weighted by Gasteiger charge is 2.38. The van der Waals surface area contributed by atoms with Gasteiger partial charge in [0.2, 0.25) is 5.91 Å². The number of rotatable bonds is 6. The average molecular weight is 384 g/mol. The van der Waals surface area contributed by atoms with Gasteiger partial charge in [-0.15, -0.1) is 12.4 Å². The normalized spacial score (nSPS) is 15.9. The number of aryl methyl sites for hydroxylation is 1. The molecule has 6 nitrogen and oxygen atoms in total. The number of hydrogen-bond donors (Lipinski definition) is 3. The molecule has 146 valence electrons. The van der Waals surface area contributed by atoms with E-state index in [1.54, 1.807) is 18.2 Å². The molecule has 1 aliphatic rings. The number of nitrogens with one attached hydrogen (secondary N) is 2. The SMILES string of the molecule is Cc1cc(C(=O)NCC(C)C)ccc1NC(=O)C1(CN)CCOCC1.Cl. The van der Waals surface area contributed by atoms with Crippen LogP contribution in [0.25, 0.3) is 0 Å². The third-order valence-corrected chi connectivity index (χ3v) is 4.73. The fourth-order valence-electron chi connectivity index (χ4n) is 2.88. The lowest BCUT2D eigenvalue weighted by atomic mass is 9.79. The van der Waals surface area contributed by atoms with Crippen LogP contribution in [0.4, 0.5) is 5.69 Å². The summed E-state index contributed by atoms with van der Waals surface area (Å²) < 4.78 is 5.35. The van der Waals surface area contributed by atoms with Crippen molar-refractivity contribution in [3.63, 3.8) is 0 Å². The first-order valence-corrected chi connectivity index (χ1v) is 8.86. The third kappa shape index (κ3) is 5.43. The van der Waals surface area contributed by atoms with Crippen molar-refractivity contribution in [2.24, 2.45) is 17.1 Å². The number of hydrogen-bond acceptors (Lipinski definition) is 4. The summed E-state index contributed by atoms with van der Waals surface area (Å²) in [5.41, 5.74) is 7.47. The Morgan fingerprint density at radius 1 is 1.27 bits per heavy atom. The van der Waals surface area contributed by atoms with E-state index >= 15 is 0 Å². The summed E-state index contributed by atoms with van der Waals surface area (Å²) in [6.07, 6.45) is 1.26. The van der Waals surface area contributed by atoms with Crippen LogP contribution in [-0.2, 0) is 9.53 Å². The lowest BCUT2D eigenvalue weighted by Gasteiger charge is -2.34. The van der Waals surface area contributed by atoms with Crippen LogP contribution in [0.5, 0.6) is 0 Å². The van der Waals surface area contributed by atoms with E-state index in [4.69, 9.17) is 10.5 Å². The highest BCUT2D eigenvalue weighted by molar-refractivity contribution is 5.98. The summed E-state index contributed by atoms with van der Waals surface area (Å²) in [7, 11) is 0. The van der Waals surface area contributed by atoms with Gasteiger partial charge in [0, 0.05) is 37.6 Å². The lowest BCUT2D eigenvalue weighted by Crippen LogP contribution is -2.46. The van der Waals surface area contributed by atoms with Gasteiger partial charge in [-0.3, -0.25) is 9.59 Å². The average Bonchev–Trinajstić information content (AvgIpc) is 2.61. The minimum atomic E-state index is -0.571. The summed E-state index contributed by atoms with van der Waals surface area (Å²) in [4.78, 5) is 24.9. The number of nitrogens with two attached hydrogens (primary N) is 1. The van der Waals surface area contributed by atoms with E-state index in [1.165, 1.54) is 0 Å². The van der Waals surface area contributed by atoms with E-state index < -0.39 is 5.41 Å². The number of anilines is 1. The zero-order valence-electron chi connectivity index (χ0n) is 15.8. The fourth-order valence-corrected chi connectivity index (χ4v) is 2.88. The number of amides is 2. The molecule has 7 heteroatoms. The molecule has 0 saturated carbocycles. The van der Waals surface area contributed by atoms with Crippen LogP contribution in [0, 0.1) is 18.3 Å². The van der Waals surface area contributed by atoms with Gasteiger partial charge in [-0.1, -0.05) is 13.8 Å². The highest BCUT2D eigenvalue weighted by Crippen LogP contribution is 2.31. The molecule has 0 aromatic heterocycles. The molecule has 4 N–H and O–H groups in total. The second-order valence-corrected chi connectivity index (χ2v) is 7.18. The molecule has 0 unspecified atom stereocenters. The molecule has 1 heterocycles. The molecule has 1 saturated heterocycles. The first kappa shape index (κ1) is 22.4. The summed E-state index contributed by atoms with van der Waals surface area (Å²) in [6, 6.07) is 5.31. The summed E-state index contributed by atoms with van der Waals surface area (Å²) in [5.74, 6) is 0.228. The Balaban J connectivity index is 0.00000338.